The summed E-state index contributed by atoms with van der Waals surface area (Å²) in [6.07, 6.45) is 4.25. The van der Waals surface area contributed by atoms with Crippen LogP contribution < -0.4 is 10.6 Å². The molecule has 5 nitrogen and oxygen atoms in total. The lowest BCUT2D eigenvalue weighted by Gasteiger charge is -2.15. The average Bonchev–Trinajstić information content (AvgIpc) is 2.32. The molecule has 0 radical (unpaired) electrons. The molecule has 0 aromatic carbocycles. The summed E-state index contributed by atoms with van der Waals surface area (Å²) in [5.41, 5.74) is 0. The SMILES string of the molecule is C=CC(C)NC(=O)NCCC(CC)CCC(=O)O. The van der Waals surface area contributed by atoms with Crippen LogP contribution in [0.25, 0.3) is 0 Å². The Morgan fingerprint density at radius 3 is 2.56 bits per heavy atom. The van der Waals surface area contributed by atoms with Gasteiger partial charge in [-0.15, -0.1) is 6.58 Å². The third kappa shape index (κ3) is 8.61. The zero-order valence-corrected chi connectivity index (χ0v) is 11.2. The summed E-state index contributed by atoms with van der Waals surface area (Å²) >= 11 is 0. The third-order valence-corrected chi connectivity index (χ3v) is 2.89. The smallest absolute Gasteiger partial charge is 0.315 e. The summed E-state index contributed by atoms with van der Waals surface area (Å²) in [7, 11) is 0. The van der Waals surface area contributed by atoms with Crippen LogP contribution in [-0.4, -0.2) is 29.7 Å². The van der Waals surface area contributed by atoms with Crippen molar-refractivity contribution in [2.45, 2.75) is 45.6 Å². The number of carboxylic acids is 1. The number of aliphatic carboxylic acids is 1. The Hall–Kier alpha value is -1.52. The molecule has 0 bridgehead atoms. The second-order valence-corrected chi connectivity index (χ2v) is 4.42. The van der Waals surface area contributed by atoms with Crippen molar-refractivity contribution in [3.63, 3.8) is 0 Å². The quantitative estimate of drug-likeness (QED) is 0.553. The van der Waals surface area contributed by atoms with E-state index in [9.17, 15) is 9.59 Å². The van der Waals surface area contributed by atoms with Crippen LogP contribution in [0.2, 0.25) is 0 Å². The maximum Gasteiger partial charge on any atom is 0.315 e. The minimum Gasteiger partial charge on any atom is -0.481 e. The molecular weight excluding hydrogens is 232 g/mol. The number of amides is 2. The molecule has 104 valence electrons. The maximum absolute atomic E-state index is 11.4. The molecule has 18 heavy (non-hydrogen) atoms. The van der Waals surface area contributed by atoms with E-state index in [1.165, 1.54) is 0 Å². The highest BCUT2D eigenvalue weighted by Crippen LogP contribution is 2.14. The van der Waals surface area contributed by atoms with Gasteiger partial charge in [-0.05, 0) is 25.7 Å². The molecule has 5 heteroatoms. The van der Waals surface area contributed by atoms with Crippen LogP contribution in [-0.2, 0) is 4.79 Å². The Morgan fingerprint density at radius 1 is 1.39 bits per heavy atom. The van der Waals surface area contributed by atoms with Gasteiger partial charge in [0.1, 0.15) is 0 Å². The van der Waals surface area contributed by atoms with Gasteiger partial charge in [-0.2, -0.15) is 0 Å². The molecule has 0 aromatic rings. The van der Waals surface area contributed by atoms with Crippen LogP contribution in [0.15, 0.2) is 12.7 Å². The van der Waals surface area contributed by atoms with E-state index in [0.717, 1.165) is 12.8 Å². The molecule has 0 aromatic heterocycles. The van der Waals surface area contributed by atoms with Gasteiger partial charge in [0.25, 0.3) is 0 Å². The second kappa shape index (κ2) is 9.50. The molecule has 2 unspecified atom stereocenters. The minimum atomic E-state index is -0.765. The summed E-state index contributed by atoms with van der Waals surface area (Å²) < 4.78 is 0. The van der Waals surface area contributed by atoms with Gasteiger partial charge in [-0.1, -0.05) is 19.4 Å². The lowest BCUT2D eigenvalue weighted by atomic mass is 9.97. The van der Waals surface area contributed by atoms with Crippen LogP contribution in [0.5, 0.6) is 0 Å². The Balaban J connectivity index is 3.75. The fraction of sp³-hybridized carbons (Fsp3) is 0.692. The van der Waals surface area contributed by atoms with Gasteiger partial charge >= 0.3 is 12.0 Å². The molecule has 3 N–H and O–H groups in total. The number of urea groups is 1. The van der Waals surface area contributed by atoms with Crippen LogP contribution in [0, 0.1) is 5.92 Å². The van der Waals surface area contributed by atoms with Gasteiger partial charge in [0, 0.05) is 19.0 Å². The van der Waals surface area contributed by atoms with Gasteiger partial charge in [0.2, 0.25) is 0 Å². The van der Waals surface area contributed by atoms with E-state index in [-0.39, 0.29) is 18.5 Å². The van der Waals surface area contributed by atoms with E-state index in [0.29, 0.717) is 18.9 Å². The highest BCUT2D eigenvalue weighted by Gasteiger charge is 2.10. The summed E-state index contributed by atoms with van der Waals surface area (Å²) in [5.74, 6) is -0.419. The molecule has 0 saturated carbocycles. The van der Waals surface area contributed by atoms with Crippen molar-refractivity contribution in [1.29, 1.82) is 0 Å². The van der Waals surface area contributed by atoms with E-state index in [4.69, 9.17) is 5.11 Å². The lowest BCUT2D eigenvalue weighted by molar-refractivity contribution is -0.137. The van der Waals surface area contributed by atoms with Gasteiger partial charge in [0.05, 0.1) is 0 Å². The van der Waals surface area contributed by atoms with Crippen molar-refractivity contribution in [2.24, 2.45) is 5.92 Å². The van der Waals surface area contributed by atoms with Crippen molar-refractivity contribution < 1.29 is 14.7 Å². The molecule has 0 saturated heterocycles. The van der Waals surface area contributed by atoms with Crippen LogP contribution >= 0.6 is 0 Å². The number of rotatable bonds is 9. The van der Waals surface area contributed by atoms with E-state index < -0.39 is 5.97 Å². The first-order valence-electron chi connectivity index (χ1n) is 6.38. The second-order valence-electron chi connectivity index (χ2n) is 4.42. The molecule has 0 fully saturated rings. The van der Waals surface area contributed by atoms with Gasteiger partial charge in [-0.3, -0.25) is 4.79 Å². The highest BCUT2D eigenvalue weighted by molar-refractivity contribution is 5.74. The first-order valence-corrected chi connectivity index (χ1v) is 6.38. The first kappa shape index (κ1) is 16.5. The maximum atomic E-state index is 11.4. The van der Waals surface area contributed by atoms with Gasteiger partial charge in [0.15, 0.2) is 0 Å². The zero-order chi connectivity index (χ0) is 14.0. The molecule has 2 amide bonds. The number of carboxylic acid groups (broad SMARTS) is 1. The number of carbonyl (C=O) groups excluding carboxylic acids is 1. The van der Waals surface area contributed by atoms with E-state index in [2.05, 4.69) is 17.2 Å². The predicted octanol–water partition coefficient (Wildman–Crippen LogP) is 2.14. The zero-order valence-electron chi connectivity index (χ0n) is 11.2. The van der Waals surface area contributed by atoms with Crippen LogP contribution in [0.3, 0.4) is 0 Å². The molecule has 0 aliphatic carbocycles. The first-order chi connectivity index (χ1) is 8.49. The van der Waals surface area contributed by atoms with Crippen LogP contribution in [0.4, 0.5) is 4.79 Å². The molecule has 0 aliphatic rings. The summed E-state index contributed by atoms with van der Waals surface area (Å²) in [6, 6.07) is -0.269. The Bertz CT molecular complexity index is 279. The standard InChI is InChI=1S/C13H24N2O3/c1-4-10(3)15-13(18)14-9-8-11(5-2)6-7-12(16)17/h4,10-11H,1,5-9H2,2-3H3,(H,16,17)(H2,14,15,18). The minimum absolute atomic E-state index is 0.0565. The fourth-order valence-corrected chi connectivity index (χ4v) is 1.59. The Morgan fingerprint density at radius 2 is 2.06 bits per heavy atom. The number of hydrogen-bond donors (Lipinski definition) is 3. The van der Waals surface area contributed by atoms with Gasteiger partial charge in [-0.25, -0.2) is 4.79 Å². The largest absolute Gasteiger partial charge is 0.481 e. The van der Waals surface area contributed by atoms with Crippen molar-refractivity contribution >= 4 is 12.0 Å². The van der Waals surface area contributed by atoms with Crippen molar-refractivity contribution in [2.75, 3.05) is 6.54 Å². The summed E-state index contributed by atoms with van der Waals surface area (Å²) in [5, 5.41) is 14.1. The number of carbonyl (C=O) groups is 2. The summed E-state index contributed by atoms with van der Waals surface area (Å²) in [4.78, 5) is 21.9. The summed E-state index contributed by atoms with van der Waals surface area (Å²) in [6.45, 7) is 8.02. The van der Waals surface area contributed by atoms with Crippen molar-refractivity contribution in [3.8, 4) is 0 Å². The van der Waals surface area contributed by atoms with Crippen molar-refractivity contribution in [1.82, 2.24) is 10.6 Å². The normalized spacial score (nSPS) is 13.4. The van der Waals surface area contributed by atoms with Crippen molar-refractivity contribution in [3.05, 3.63) is 12.7 Å². The Labute approximate surface area is 109 Å². The molecule has 0 heterocycles. The topological polar surface area (TPSA) is 78.4 Å². The highest BCUT2D eigenvalue weighted by atomic mass is 16.4. The fourth-order valence-electron chi connectivity index (χ4n) is 1.59. The third-order valence-electron chi connectivity index (χ3n) is 2.89. The monoisotopic (exact) mass is 256 g/mol. The molecule has 0 rings (SSSR count). The van der Waals surface area contributed by atoms with E-state index in [1.807, 2.05) is 13.8 Å². The molecule has 2 atom stereocenters. The number of nitrogens with one attached hydrogen (secondary N) is 2. The molecular formula is C13H24N2O3. The lowest BCUT2D eigenvalue weighted by Crippen LogP contribution is -2.40. The Kier molecular flexibility index (Phi) is 8.70. The van der Waals surface area contributed by atoms with Crippen LogP contribution in [0.1, 0.15) is 39.5 Å². The van der Waals surface area contributed by atoms with Gasteiger partial charge < -0.3 is 15.7 Å². The molecule has 0 spiro atoms. The molecule has 0 aliphatic heterocycles. The number of hydrogen-bond acceptors (Lipinski definition) is 2. The average molecular weight is 256 g/mol. The predicted molar refractivity (Wildman–Crippen MR) is 71.5 cm³/mol. The van der Waals surface area contributed by atoms with E-state index >= 15 is 0 Å². The van der Waals surface area contributed by atoms with E-state index in [1.54, 1.807) is 6.08 Å².